The zero-order valence-corrected chi connectivity index (χ0v) is 8.59. The summed E-state index contributed by atoms with van der Waals surface area (Å²) in [6.07, 6.45) is 0.377. The second kappa shape index (κ2) is 4.31. The van der Waals surface area contributed by atoms with Crippen LogP contribution in [0.2, 0.25) is 0 Å². The highest BCUT2D eigenvalue weighted by Gasteiger charge is 2.14. The standard InChI is InChI=1S/C11H16FNO/c1-11(2,12)6-7-14-10-5-3-4-9(13)8-10/h3-5,8H,6-7,13H2,1-2H3. The van der Waals surface area contributed by atoms with Crippen LogP contribution < -0.4 is 10.5 Å². The third-order valence-electron chi connectivity index (χ3n) is 1.82. The molecule has 0 aliphatic carbocycles. The first kappa shape index (κ1) is 10.8. The van der Waals surface area contributed by atoms with Crippen molar-refractivity contribution in [1.82, 2.24) is 0 Å². The van der Waals surface area contributed by atoms with E-state index in [1.54, 1.807) is 12.1 Å². The lowest BCUT2D eigenvalue weighted by molar-refractivity contribution is 0.161. The van der Waals surface area contributed by atoms with E-state index >= 15 is 0 Å². The molecule has 2 N–H and O–H groups in total. The summed E-state index contributed by atoms with van der Waals surface area (Å²) < 4.78 is 18.4. The zero-order valence-electron chi connectivity index (χ0n) is 8.59. The number of hydrogen-bond donors (Lipinski definition) is 1. The summed E-state index contributed by atoms with van der Waals surface area (Å²) >= 11 is 0. The van der Waals surface area contributed by atoms with E-state index in [0.717, 1.165) is 0 Å². The van der Waals surface area contributed by atoms with Gasteiger partial charge in [-0.25, -0.2) is 4.39 Å². The van der Waals surface area contributed by atoms with Crippen LogP contribution in [-0.2, 0) is 0 Å². The molecule has 0 radical (unpaired) electrons. The Kier molecular flexibility index (Phi) is 3.33. The minimum atomic E-state index is -1.18. The molecule has 0 amide bonds. The quantitative estimate of drug-likeness (QED) is 0.753. The Morgan fingerprint density at radius 3 is 2.71 bits per heavy atom. The molecule has 0 aliphatic heterocycles. The molecule has 78 valence electrons. The summed E-state index contributed by atoms with van der Waals surface area (Å²) in [4.78, 5) is 0. The number of benzene rings is 1. The molecular formula is C11H16FNO. The molecule has 0 unspecified atom stereocenters. The van der Waals surface area contributed by atoms with Gasteiger partial charge in [0.1, 0.15) is 11.4 Å². The maximum Gasteiger partial charge on any atom is 0.121 e. The lowest BCUT2D eigenvalue weighted by Gasteiger charge is -2.14. The normalized spacial score (nSPS) is 11.4. The molecule has 0 saturated carbocycles. The Balaban J connectivity index is 2.39. The van der Waals surface area contributed by atoms with Crippen LogP contribution in [-0.4, -0.2) is 12.3 Å². The van der Waals surface area contributed by atoms with Crippen molar-refractivity contribution in [3.05, 3.63) is 24.3 Å². The highest BCUT2D eigenvalue weighted by Crippen LogP contribution is 2.17. The number of nitrogen functional groups attached to an aromatic ring is 1. The average Bonchev–Trinajstić information content (AvgIpc) is 2.01. The Labute approximate surface area is 83.9 Å². The first-order chi connectivity index (χ1) is 6.47. The molecule has 0 heterocycles. The number of nitrogens with two attached hydrogens (primary N) is 1. The fraction of sp³-hybridized carbons (Fsp3) is 0.455. The third kappa shape index (κ3) is 4.12. The Morgan fingerprint density at radius 2 is 2.14 bits per heavy atom. The lowest BCUT2D eigenvalue weighted by atomic mass is 10.1. The van der Waals surface area contributed by atoms with E-state index in [2.05, 4.69) is 0 Å². The first-order valence-corrected chi connectivity index (χ1v) is 4.65. The molecule has 0 bridgehead atoms. The summed E-state index contributed by atoms with van der Waals surface area (Å²) in [7, 11) is 0. The molecule has 1 rings (SSSR count). The molecule has 1 aromatic carbocycles. The lowest BCUT2D eigenvalue weighted by Crippen LogP contribution is -2.16. The molecule has 14 heavy (non-hydrogen) atoms. The minimum absolute atomic E-state index is 0.368. The fourth-order valence-corrected chi connectivity index (χ4v) is 1.02. The van der Waals surface area contributed by atoms with Gasteiger partial charge in [-0.05, 0) is 26.0 Å². The Hall–Kier alpha value is -1.25. The maximum absolute atomic E-state index is 13.1. The van der Waals surface area contributed by atoms with E-state index in [1.807, 2.05) is 12.1 Å². The molecule has 0 aliphatic rings. The number of anilines is 1. The number of alkyl halides is 1. The van der Waals surface area contributed by atoms with Crippen LogP contribution in [0, 0.1) is 0 Å². The topological polar surface area (TPSA) is 35.2 Å². The van der Waals surface area contributed by atoms with Crippen molar-refractivity contribution in [3.63, 3.8) is 0 Å². The van der Waals surface area contributed by atoms with Gasteiger partial charge in [0.05, 0.1) is 6.61 Å². The van der Waals surface area contributed by atoms with Crippen molar-refractivity contribution in [2.45, 2.75) is 25.9 Å². The van der Waals surface area contributed by atoms with Gasteiger partial charge in [0.25, 0.3) is 0 Å². The largest absolute Gasteiger partial charge is 0.493 e. The fourth-order valence-electron chi connectivity index (χ4n) is 1.02. The van der Waals surface area contributed by atoms with Gasteiger partial charge >= 0.3 is 0 Å². The smallest absolute Gasteiger partial charge is 0.121 e. The molecule has 0 spiro atoms. The number of ether oxygens (including phenoxy) is 1. The summed E-state index contributed by atoms with van der Waals surface area (Å²) in [5.41, 5.74) is 5.04. The third-order valence-corrected chi connectivity index (χ3v) is 1.82. The van der Waals surface area contributed by atoms with Gasteiger partial charge in [-0.15, -0.1) is 0 Å². The van der Waals surface area contributed by atoms with Crippen molar-refractivity contribution in [3.8, 4) is 5.75 Å². The predicted molar refractivity (Wildman–Crippen MR) is 56.2 cm³/mol. The van der Waals surface area contributed by atoms with E-state index in [1.165, 1.54) is 13.8 Å². The molecule has 3 heteroatoms. The molecule has 2 nitrogen and oxygen atoms in total. The van der Waals surface area contributed by atoms with Gasteiger partial charge < -0.3 is 10.5 Å². The van der Waals surface area contributed by atoms with E-state index in [4.69, 9.17) is 10.5 Å². The summed E-state index contributed by atoms with van der Waals surface area (Å²) in [6.45, 7) is 3.44. The van der Waals surface area contributed by atoms with Crippen molar-refractivity contribution in [2.24, 2.45) is 0 Å². The van der Waals surface area contributed by atoms with Crippen molar-refractivity contribution >= 4 is 5.69 Å². The molecule has 0 atom stereocenters. The molecule has 0 saturated heterocycles. The highest BCUT2D eigenvalue weighted by molar-refractivity contribution is 5.43. The van der Waals surface area contributed by atoms with E-state index in [0.29, 0.717) is 24.5 Å². The SMILES string of the molecule is CC(C)(F)CCOc1cccc(N)c1. The summed E-state index contributed by atoms with van der Waals surface area (Å²) in [5, 5.41) is 0. The monoisotopic (exact) mass is 197 g/mol. The van der Waals surface area contributed by atoms with Gasteiger partial charge in [0, 0.05) is 18.2 Å². The second-order valence-corrected chi connectivity index (χ2v) is 3.89. The number of halogens is 1. The Morgan fingerprint density at radius 1 is 1.43 bits per heavy atom. The van der Waals surface area contributed by atoms with Gasteiger partial charge in [-0.1, -0.05) is 6.07 Å². The zero-order chi connectivity index (χ0) is 10.6. The predicted octanol–water partition coefficient (Wildman–Crippen LogP) is 2.79. The van der Waals surface area contributed by atoms with Crippen LogP contribution >= 0.6 is 0 Å². The van der Waals surface area contributed by atoms with Crippen LogP contribution in [0.15, 0.2) is 24.3 Å². The van der Waals surface area contributed by atoms with E-state index in [-0.39, 0.29) is 0 Å². The van der Waals surface area contributed by atoms with Gasteiger partial charge in [0.2, 0.25) is 0 Å². The number of hydrogen-bond acceptors (Lipinski definition) is 2. The van der Waals surface area contributed by atoms with Crippen LogP contribution in [0.4, 0.5) is 10.1 Å². The van der Waals surface area contributed by atoms with Crippen LogP contribution in [0.25, 0.3) is 0 Å². The van der Waals surface area contributed by atoms with Crippen LogP contribution in [0.3, 0.4) is 0 Å². The summed E-state index contributed by atoms with van der Waals surface area (Å²) in [5.74, 6) is 0.689. The molecular weight excluding hydrogens is 181 g/mol. The molecule has 0 fully saturated rings. The highest BCUT2D eigenvalue weighted by atomic mass is 19.1. The van der Waals surface area contributed by atoms with Gasteiger partial charge in [-0.3, -0.25) is 0 Å². The Bertz CT molecular complexity index is 294. The second-order valence-electron chi connectivity index (χ2n) is 3.89. The summed E-state index contributed by atoms with van der Waals surface area (Å²) in [6, 6.07) is 7.13. The van der Waals surface area contributed by atoms with Gasteiger partial charge in [0.15, 0.2) is 0 Å². The minimum Gasteiger partial charge on any atom is -0.493 e. The van der Waals surface area contributed by atoms with E-state index < -0.39 is 5.67 Å². The molecule has 1 aromatic rings. The average molecular weight is 197 g/mol. The van der Waals surface area contributed by atoms with Crippen LogP contribution in [0.1, 0.15) is 20.3 Å². The van der Waals surface area contributed by atoms with Crippen molar-refractivity contribution in [2.75, 3.05) is 12.3 Å². The van der Waals surface area contributed by atoms with Crippen molar-refractivity contribution < 1.29 is 9.13 Å². The van der Waals surface area contributed by atoms with E-state index in [9.17, 15) is 4.39 Å². The maximum atomic E-state index is 13.1. The van der Waals surface area contributed by atoms with Crippen molar-refractivity contribution in [1.29, 1.82) is 0 Å². The number of rotatable bonds is 4. The van der Waals surface area contributed by atoms with Gasteiger partial charge in [-0.2, -0.15) is 0 Å². The first-order valence-electron chi connectivity index (χ1n) is 4.65. The molecule has 0 aromatic heterocycles. The van der Waals surface area contributed by atoms with Crippen LogP contribution in [0.5, 0.6) is 5.75 Å².